The summed E-state index contributed by atoms with van der Waals surface area (Å²) < 4.78 is 108. The Morgan fingerprint density at radius 2 is 1.67 bits per heavy atom. The van der Waals surface area contributed by atoms with Gasteiger partial charge in [-0.1, -0.05) is 25.1 Å². The predicted molar refractivity (Wildman–Crippen MR) is 90.1 cm³/mol. The number of halogens is 8. The van der Waals surface area contributed by atoms with E-state index in [-0.39, 0.29) is 5.69 Å². The Morgan fingerprint density at radius 1 is 1.00 bits per heavy atom. The second-order valence-electron chi connectivity index (χ2n) is 6.46. The van der Waals surface area contributed by atoms with Crippen LogP contribution in [0.2, 0.25) is 0 Å². The van der Waals surface area contributed by atoms with Crippen molar-refractivity contribution in [3.8, 4) is 17.1 Å². The van der Waals surface area contributed by atoms with Crippen molar-refractivity contribution >= 4 is 0 Å². The van der Waals surface area contributed by atoms with Gasteiger partial charge >= 0.3 is 18.3 Å². The molecule has 2 aromatic heterocycles. The van der Waals surface area contributed by atoms with Gasteiger partial charge in [0.25, 0.3) is 0 Å². The van der Waals surface area contributed by atoms with Gasteiger partial charge in [0.05, 0.1) is 5.69 Å². The van der Waals surface area contributed by atoms with Gasteiger partial charge in [-0.2, -0.15) is 40.2 Å². The maximum Gasteiger partial charge on any atom is 0.459 e. The molecule has 0 N–H and O–H groups in total. The number of imidazole rings is 1. The first kappa shape index (κ1) is 21.8. The van der Waals surface area contributed by atoms with E-state index in [1.54, 1.807) is 18.2 Å². The summed E-state index contributed by atoms with van der Waals surface area (Å²) in [6.45, 7) is 1.89. The lowest BCUT2D eigenvalue weighted by Gasteiger charge is -2.19. The lowest BCUT2D eigenvalue weighted by molar-refractivity contribution is -0.292. The van der Waals surface area contributed by atoms with Crippen molar-refractivity contribution in [3.05, 3.63) is 53.6 Å². The molecule has 0 bridgehead atoms. The lowest BCUT2D eigenvalue weighted by Crippen LogP contribution is -2.36. The van der Waals surface area contributed by atoms with E-state index in [4.69, 9.17) is 0 Å². The number of hydrogen-bond donors (Lipinski definition) is 0. The third-order valence-corrected chi connectivity index (χ3v) is 4.41. The van der Waals surface area contributed by atoms with Crippen molar-refractivity contribution in [1.29, 1.82) is 0 Å². The van der Waals surface area contributed by atoms with Gasteiger partial charge in [-0.25, -0.2) is 4.98 Å². The zero-order chi connectivity index (χ0) is 22.5. The second kappa shape index (κ2) is 7.10. The Labute approximate surface area is 164 Å². The summed E-state index contributed by atoms with van der Waals surface area (Å²) in [7, 11) is 0.845. The monoisotopic (exact) mass is 438 g/mol. The molecule has 0 aliphatic heterocycles. The van der Waals surface area contributed by atoms with E-state index in [0.29, 0.717) is 16.7 Å². The maximum absolute atomic E-state index is 13.8. The second-order valence-corrected chi connectivity index (χ2v) is 6.46. The average Bonchev–Trinajstić information content (AvgIpc) is 3.25. The zero-order valence-corrected chi connectivity index (χ0v) is 15.5. The van der Waals surface area contributed by atoms with Crippen LogP contribution in [0.25, 0.3) is 17.1 Å². The molecule has 1 aromatic carbocycles. The van der Waals surface area contributed by atoms with E-state index in [1.165, 1.54) is 0 Å². The van der Waals surface area contributed by atoms with Crippen LogP contribution >= 0.6 is 0 Å². The van der Waals surface area contributed by atoms with Gasteiger partial charge in [-0.15, -0.1) is 0 Å². The standard InChI is InChI=1S/C18H14F8N4/c1-3-10-5-4-6-11(7-10)12-8-30(9-27-12)15-13(17(21,22)23)14(28-29(15)2)16(19,20)18(24,25)26/h4-9H,3H2,1-2H3. The highest BCUT2D eigenvalue weighted by Gasteiger charge is 2.64. The molecule has 0 radical (unpaired) electrons. The minimum atomic E-state index is -6.25. The molecule has 162 valence electrons. The first-order chi connectivity index (χ1) is 13.8. The fourth-order valence-corrected chi connectivity index (χ4v) is 2.96. The number of nitrogens with zero attached hydrogens (tertiary/aromatic N) is 4. The minimum absolute atomic E-state index is 0.212. The summed E-state index contributed by atoms with van der Waals surface area (Å²) in [5.74, 6) is -6.81. The number of aromatic nitrogens is 4. The molecular weight excluding hydrogens is 424 g/mol. The molecule has 0 saturated carbocycles. The van der Waals surface area contributed by atoms with Crippen molar-refractivity contribution in [2.75, 3.05) is 0 Å². The molecule has 3 rings (SSSR count). The first-order valence-corrected chi connectivity index (χ1v) is 8.50. The van der Waals surface area contributed by atoms with Crippen LogP contribution in [0.5, 0.6) is 0 Å². The summed E-state index contributed by atoms with van der Waals surface area (Å²) in [6, 6.07) is 6.92. The molecule has 0 amide bonds. The SMILES string of the molecule is CCc1cccc(-c2cn(-c3c(C(F)(F)F)c(C(F)(F)C(F)(F)F)nn3C)cn2)c1. The highest BCUT2D eigenvalue weighted by molar-refractivity contribution is 5.60. The largest absolute Gasteiger partial charge is 0.459 e. The first-order valence-electron chi connectivity index (χ1n) is 8.50. The molecule has 0 aliphatic carbocycles. The van der Waals surface area contributed by atoms with Gasteiger partial charge in [0.2, 0.25) is 0 Å². The number of aryl methyl sites for hydroxylation is 2. The topological polar surface area (TPSA) is 35.6 Å². The highest BCUT2D eigenvalue weighted by atomic mass is 19.4. The summed E-state index contributed by atoms with van der Waals surface area (Å²) in [5.41, 5.74) is -2.92. The molecule has 30 heavy (non-hydrogen) atoms. The Bertz CT molecular complexity index is 1060. The van der Waals surface area contributed by atoms with Crippen LogP contribution in [-0.4, -0.2) is 25.5 Å². The van der Waals surface area contributed by atoms with Gasteiger partial charge in [-0.3, -0.25) is 9.25 Å². The van der Waals surface area contributed by atoms with Crippen molar-refractivity contribution in [2.45, 2.75) is 31.6 Å². The van der Waals surface area contributed by atoms with E-state index in [0.717, 1.165) is 29.7 Å². The van der Waals surface area contributed by atoms with Crippen LogP contribution in [0.3, 0.4) is 0 Å². The van der Waals surface area contributed by atoms with Crippen molar-refractivity contribution < 1.29 is 35.1 Å². The van der Waals surface area contributed by atoms with Gasteiger partial charge < -0.3 is 0 Å². The summed E-state index contributed by atoms with van der Waals surface area (Å²) in [6.07, 6.45) is -9.09. The maximum atomic E-state index is 13.8. The third-order valence-electron chi connectivity index (χ3n) is 4.41. The zero-order valence-electron chi connectivity index (χ0n) is 15.5. The highest BCUT2D eigenvalue weighted by Crippen LogP contribution is 2.49. The van der Waals surface area contributed by atoms with Crippen LogP contribution in [0, 0.1) is 0 Å². The molecule has 0 saturated heterocycles. The predicted octanol–water partition coefficient (Wildman–Crippen LogP) is 5.51. The molecule has 0 spiro atoms. The van der Waals surface area contributed by atoms with Crippen molar-refractivity contribution in [2.24, 2.45) is 7.05 Å². The minimum Gasteiger partial charge on any atom is -0.290 e. The number of alkyl halides is 8. The molecule has 2 heterocycles. The average molecular weight is 438 g/mol. The van der Waals surface area contributed by atoms with Crippen LogP contribution in [0.1, 0.15) is 23.7 Å². The van der Waals surface area contributed by atoms with Crippen LogP contribution in [0.4, 0.5) is 35.1 Å². The summed E-state index contributed by atoms with van der Waals surface area (Å²) in [4.78, 5) is 3.97. The van der Waals surface area contributed by atoms with Crippen LogP contribution in [-0.2, 0) is 25.6 Å². The Kier molecular flexibility index (Phi) is 5.15. The van der Waals surface area contributed by atoms with Gasteiger partial charge in [0.1, 0.15) is 17.7 Å². The van der Waals surface area contributed by atoms with Gasteiger partial charge in [0.15, 0.2) is 5.69 Å². The van der Waals surface area contributed by atoms with E-state index in [1.807, 2.05) is 13.0 Å². The Hall–Kier alpha value is -2.92. The van der Waals surface area contributed by atoms with Gasteiger partial charge in [0, 0.05) is 18.8 Å². The molecule has 3 aromatic rings. The fourth-order valence-electron chi connectivity index (χ4n) is 2.96. The van der Waals surface area contributed by atoms with Crippen molar-refractivity contribution in [1.82, 2.24) is 19.3 Å². The van der Waals surface area contributed by atoms with E-state index in [2.05, 4.69) is 10.1 Å². The van der Waals surface area contributed by atoms with E-state index < -0.39 is 35.4 Å². The quantitative estimate of drug-likeness (QED) is 0.504. The fraction of sp³-hybridized carbons (Fsp3) is 0.333. The molecule has 12 heteroatoms. The van der Waals surface area contributed by atoms with E-state index in [9.17, 15) is 35.1 Å². The van der Waals surface area contributed by atoms with Gasteiger partial charge in [-0.05, 0) is 18.1 Å². The van der Waals surface area contributed by atoms with Crippen molar-refractivity contribution in [3.63, 3.8) is 0 Å². The van der Waals surface area contributed by atoms with Crippen LogP contribution < -0.4 is 0 Å². The molecule has 0 atom stereocenters. The number of hydrogen-bond acceptors (Lipinski definition) is 2. The molecule has 0 unspecified atom stereocenters. The van der Waals surface area contributed by atoms with Crippen LogP contribution in [0.15, 0.2) is 36.8 Å². The molecule has 0 aliphatic rings. The third kappa shape index (κ3) is 3.65. The smallest absolute Gasteiger partial charge is 0.290 e. The molecule has 4 nitrogen and oxygen atoms in total. The summed E-state index contributed by atoms with van der Waals surface area (Å²) in [5, 5.41) is 2.88. The normalized spacial score (nSPS) is 13.1. The number of rotatable bonds is 4. The Balaban J connectivity index is 2.19. The molecular formula is C18H14F8N4. The Morgan fingerprint density at radius 3 is 2.23 bits per heavy atom. The summed E-state index contributed by atoms with van der Waals surface area (Å²) >= 11 is 0. The lowest BCUT2D eigenvalue weighted by atomic mass is 10.1. The van der Waals surface area contributed by atoms with E-state index >= 15 is 0 Å². The molecule has 0 fully saturated rings. The number of benzene rings is 1.